The molecule has 0 aliphatic rings. The van der Waals surface area contributed by atoms with Crippen LogP contribution in [-0.4, -0.2) is 15.5 Å². The number of benzene rings is 1. The Bertz CT molecular complexity index is 766. The van der Waals surface area contributed by atoms with Crippen LogP contribution in [-0.2, 0) is 15.9 Å². The van der Waals surface area contributed by atoms with Gasteiger partial charge in [-0.25, -0.2) is 8.42 Å². The molecule has 2 aromatic rings. The molecule has 21 heavy (non-hydrogen) atoms. The molecule has 0 atom stereocenters. The van der Waals surface area contributed by atoms with Crippen LogP contribution in [0.15, 0.2) is 29.2 Å². The van der Waals surface area contributed by atoms with Crippen LogP contribution in [0.2, 0.25) is 0 Å². The molecule has 1 heterocycles. The van der Waals surface area contributed by atoms with Crippen LogP contribution < -0.4 is 4.31 Å². The molecule has 0 saturated carbocycles. The van der Waals surface area contributed by atoms with E-state index in [1.165, 1.54) is 15.6 Å². The third-order valence-corrected chi connectivity index (χ3v) is 6.91. The van der Waals surface area contributed by atoms with Gasteiger partial charge in [-0.15, -0.1) is 22.9 Å². The summed E-state index contributed by atoms with van der Waals surface area (Å²) in [6.07, 6.45) is 0. The van der Waals surface area contributed by atoms with Crippen molar-refractivity contribution in [1.29, 1.82) is 0 Å². The minimum Gasteiger partial charge on any atom is -0.269 e. The Kier molecular flexibility index (Phi) is 4.66. The fourth-order valence-electron chi connectivity index (χ4n) is 2.28. The van der Waals surface area contributed by atoms with Crippen molar-refractivity contribution in [2.45, 2.75) is 31.5 Å². The van der Waals surface area contributed by atoms with Crippen LogP contribution >= 0.6 is 22.9 Å². The fraction of sp³-hybridized carbons (Fsp3) is 0.333. The summed E-state index contributed by atoms with van der Waals surface area (Å²) in [6.45, 7) is 5.71. The molecule has 0 N–H and O–H groups in total. The van der Waals surface area contributed by atoms with Crippen LogP contribution in [0.25, 0.3) is 0 Å². The average Bonchev–Trinajstić information content (AvgIpc) is 2.80. The molecule has 1 aromatic carbocycles. The van der Waals surface area contributed by atoms with Crippen LogP contribution in [0, 0.1) is 20.8 Å². The van der Waals surface area contributed by atoms with E-state index in [1.807, 2.05) is 39.0 Å². The summed E-state index contributed by atoms with van der Waals surface area (Å²) in [4.78, 5) is 1.97. The molecule has 6 heteroatoms. The highest BCUT2D eigenvalue weighted by molar-refractivity contribution is 7.93. The summed E-state index contributed by atoms with van der Waals surface area (Å²) in [6, 6.07) is 7.40. The Morgan fingerprint density at radius 3 is 2.38 bits per heavy atom. The number of anilines is 1. The molecular formula is C15H18ClNO2S2. The first-order chi connectivity index (χ1) is 9.77. The Morgan fingerprint density at radius 2 is 1.86 bits per heavy atom. The minimum atomic E-state index is -3.56. The van der Waals surface area contributed by atoms with Crippen LogP contribution in [0.1, 0.15) is 20.9 Å². The number of sulfonamides is 1. The van der Waals surface area contributed by atoms with Gasteiger partial charge in [-0.1, -0.05) is 17.7 Å². The maximum Gasteiger partial charge on any atom is 0.265 e. The van der Waals surface area contributed by atoms with Crippen LogP contribution in [0.3, 0.4) is 0 Å². The Labute approximate surface area is 135 Å². The number of rotatable bonds is 4. The zero-order chi connectivity index (χ0) is 15.8. The third-order valence-electron chi connectivity index (χ3n) is 3.38. The van der Waals surface area contributed by atoms with Gasteiger partial charge in [0, 0.05) is 16.8 Å². The second-order valence-corrected chi connectivity index (χ2v) is 8.58. The molecule has 3 nitrogen and oxygen atoms in total. The Hall–Kier alpha value is -1.04. The third kappa shape index (κ3) is 3.10. The van der Waals surface area contributed by atoms with E-state index in [4.69, 9.17) is 11.6 Å². The fourth-order valence-corrected chi connectivity index (χ4v) is 5.24. The molecule has 2 rings (SSSR count). The Morgan fingerprint density at radius 1 is 1.19 bits per heavy atom. The topological polar surface area (TPSA) is 37.4 Å². The largest absolute Gasteiger partial charge is 0.269 e. The van der Waals surface area contributed by atoms with E-state index in [2.05, 4.69) is 0 Å². The highest BCUT2D eigenvalue weighted by atomic mass is 35.5. The second-order valence-electron chi connectivity index (χ2n) is 5.03. The molecule has 0 spiro atoms. The molecule has 0 fully saturated rings. The number of hydrogen-bond donors (Lipinski definition) is 0. The van der Waals surface area contributed by atoms with Crippen molar-refractivity contribution in [3.63, 3.8) is 0 Å². The normalized spacial score (nSPS) is 11.7. The summed E-state index contributed by atoms with van der Waals surface area (Å²) in [5.41, 5.74) is 2.74. The highest BCUT2D eigenvalue weighted by Crippen LogP contribution is 2.32. The number of aryl methyl sites for hydroxylation is 3. The minimum absolute atomic E-state index is 0.328. The predicted octanol–water partition coefficient (Wildman–Crippen LogP) is 4.24. The lowest BCUT2D eigenvalue weighted by Crippen LogP contribution is -2.27. The van der Waals surface area contributed by atoms with Gasteiger partial charge in [0.2, 0.25) is 0 Å². The van der Waals surface area contributed by atoms with Crippen molar-refractivity contribution in [3.8, 4) is 0 Å². The molecule has 0 bridgehead atoms. The number of thiophene rings is 1. The van der Waals surface area contributed by atoms with Gasteiger partial charge in [0.1, 0.15) is 4.90 Å². The summed E-state index contributed by atoms with van der Waals surface area (Å²) in [5, 5.41) is 0. The lowest BCUT2D eigenvalue weighted by Gasteiger charge is -2.21. The van der Waals surface area contributed by atoms with E-state index in [9.17, 15) is 8.42 Å². The van der Waals surface area contributed by atoms with E-state index in [0.29, 0.717) is 16.5 Å². The van der Waals surface area contributed by atoms with Crippen LogP contribution in [0.4, 0.5) is 5.69 Å². The maximum atomic E-state index is 12.8. The summed E-state index contributed by atoms with van der Waals surface area (Å²) < 4.78 is 27.0. The van der Waals surface area contributed by atoms with E-state index in [1.54, 1.807) is 13.1 Å². The smallest absolute Gasteiger partial charge is 0.265 e. The van der Waals surface area contributed by atoms with E-state index in [-0.39, 0.29) is 0 Å². The van der Waals surface area contributed by atoms with Crippen molar-refractivity contribution in [1.82, 2.24) is 0 Å². The molecule has 0 aliphatic carbocycles. The molecule has 0 unspecified atom stereocenters. The summed E-state index contributed by atoms with van der Waals surface area (Å²) in [7, 11) is -1.97. The first kappa shape index (κ1) is 16.3. The van der Waals surface area contributed by atoms with Gasteiger partial charge < -0.3 is 0 Å². The monoisotopic (exact) mass is 343 g/mol. The van der Waals surface area contributed by atoms with Gasteiger partial charge in [-0.2, -0.15) is 0 Å². The first-order valence-corrected chi connectivity index (χ1v) is 9.28. The standard InChI is InChI=1S/C15H18ClNO2S2/c1-10-5-6-14(11(2)7-10)17(4)21(18,19)15-8-13(9-16)20-12(15)3/h5-8H,9H2,1-4H3. The number of alkyl halides is 1. The van der Waals surface area contributed by atoms with E-state index in [0.717, 1.165) is 20.9 Å². The highest BCUT2D eigenvalue weighted by Gasteiger charge is 2.26. The van der Waals surface area contributed by atoms with E-state index >= 15 is 0 Å². The molecule has 114 valence electrons. The second kappa shape index (κ2) is 5.99. The molecular weight excluding hydrogens is 326 g/mol. The predicted molar refractivity (Wildman–Crippen MR) is 90.1 cm³/mol. The van der Waals surface area contributed by atoms with Crippen molar-refractivity contribution in [3.05, 3.63) is 45.1 Å². The van der Waals surface area contributed by atoms with Crippen LogP contribution in [0.5, 0.6) is 0 Å². The summed E-state index contributed by atoms with van der Waals surface area (Å²) >= 11 is 7.23. The molecule has 0 amide bonds. The van der Waals surface area contributed by atoms with Gasteiger partial charge in [-0.3, -0.25) is 4.31 Å². The summed E-state index contributed by atoms with van der Waals surface area (Å²) in [5.74, 6) is 0.328. The van der Waals surface area contributed by atoms with Crippen molar-refractivity contribution in [2.75, 3.05) is 11.4 Å². The SMILES string of the molecule is Cc1ccc(N(C)S(=O)(=O)c2cc(CCl)sc2C)c(C)c1. The lowest BCUT2D eigenvalue weighted by molar-refractivity contribution is 0.594. The zero-order valence-corrected chi connectivity index (χ0v) is 14.9. The van der Waals surface area contributed by atoms with Gasteiger partial charge in [0.15, 0.2) is 0 Å². The van der Waals surface area contributed by atoms with Crippen molar-refractivity contribution < 1.29 is 8.42 Å². The van der Waals surface area contributed by atoms with Crippen molar-refractivity contribution >= 4 is 38.6 Å². The molecule has 0 saturated heterocycles. The maximum absolute atomic E-state index is 12.8. The quantitative estimate of drug-likeness (QED) is 0.779. The van der Waals surface area contributed by atoms with Crippen molar-refractivity contribution in [2.24, 2.45) is 0 Å². The van der Waals surface area contributed by atoms with Gasteiger partial charge >= 0.3 is 0 Å². The van der Waals surface area contributed by atoms with E-state index < -0.39 is 10.0 Å². The van der Waals surface area contributed by atoms with Gasteiger partial charge in [-0.05, 0) is 38.5 Å². The number of hydrogen-bond acceptors (Lipinski definition) is 3. The Balaban J connectivity index is 2.49. The zero-order valence-electron chi connectivity index (χ0n) is 12.5. The number of halogens is 1. The molecule has 1 aromatic heterocycles. The van der Waals surface area contributed by atoms with Gasteiger partial charge in [0.25, 0.3) is 10.0 Å². The molecule has 0 radical (unpaired) electrons. The van der Waals surface area contributed by atoms with Gasteiger partial charge in [0.05, 0.1) is 11.6 Å². The lowest BCUT2D eigenvalue weighted by atomic mass is 10.1. The average molecular weight is 344 g/mol. The number of nitrogens with zero attached hydrogens (tertiary/aromatic N) is 1. The first-order valence-electron chi connectivity index (χ1n) is 6.49. The molecule has 0 aliphatic heterocycles.